The summed E-state index contributed by atoms with van der Waals surface area (Å²) in [5.41, 5.74) is -0.682. The highest BCUT2D eigenvalue weighted by Gasteiger charge is 2.51. The number of hydrogen-bond acceptors (Lipinski definition) is 4. The highest BCUT2D eigenvalue weighted by atomic mass is 16.6. The molecule has 1 amide bonds. The monoisotopic (exact) mass is 328 g/mol. The van der Waals surface area contributed by atoms with E-state index in [0.29, 0.717) is 18.7 Å². The lowest BCUT2D eigenvalue weighted by Crippen LogP contribution is -2.65. The van der Waals surface area contributed by atoms with E-state index < -0.39 is 5.60 Å². The van der Waals surface area contributed by atoms with Crippen molar-refractivity contribution >= 4 is 6.09 Å². The number of nitrogens with one attached hydrogen (secondary N) is 2. The Morgan fingerprint density at radius 2 is 1.83 bits per heavy atom. The van der Waals surface area contributed by atoms with E-state index in [9.17, 15) is 4.79 Å². The van der Waals surface area contributed by atoms with Crippen molar-refractivity contribution in [1.82, 2.24) is 10.6 Å². The van der Waals surface area contributed by atoms with Gasteiger partial charge in [-0.05, 0) is 54.4 Å². The van der Waals surface area contributed by atoms with Gasteiger partial charge in [0.1, 0.15) is 5.60 Å². The van der Waals surface area contributed by atoms with Gasteiger partial charge in [-0.1, -0.05) is 13.8 Å². The third kappa shape index (κ3) is 5.64. The van der Waals surface area contributed by atoms with Crippen molar-refractivity contribution in [2.24, 2.45) is 5.41 Å². The Bertz CT molecular complexity index is 404. The van der Waals surface area contributed by atoms with E-state index in [4.69, 9.17) is 9.47 Å². The fraction of sp³-hybridized carbons (Fsp3) is 0.944. The van der Waals surface area contributed by atoms with Gasteiger partial charge in [0.2, 0.25) is 0 Å². The Morgan fingerprint density at radius 3 is 2.30 bits per heavy atom. The smallest absolute Gasteiger partial charge is 0.408 e. The second kappa shape index (κ2) is 7.39. The quantitative estimate of drug-likeness (QED) is 0.751. The van der Waals surface area contributed by atoms with Gasteiger partial charge in [-0.2, -0.15) is 0 Å². The molecule has 5 nitrogen and oxygen atoms in total. The minimum Gasteiger partial charge on any atom is -0.444 e. The van der Waals surface area contributed by atoms with E-state index in [-0.39, 0.29) is 17.0 Å². The fourth-order valence-corrected chi connectivity index (χ4v) is 3.07. The highest BCUT2D eigenvalue weighted by molar-refractivity contribution is 5.68. The van der Waals surface area contributed by atoms with Gasteiger partial charge in [0, 0.05) is 24.6 Å². The van der Waals surface area contributed by atoms with Crippen LogP contribution in [0.1, 0.15) is 68.2 Å². The van der Waals surface area contributed by atoms with Crippen molar-refractivity contribution in [1.29, 1.82) is 0 Å². The van der Waals surface area contributed by atoms with Gasteiger partial charge in [0.25, 0.3) is 0 Å². The van der Waals surface area contributed by atoms with E-state index >= 15 is 0 Å². The summed E-state index contributed by atoms with van der Waals surface area (Å²) in [6, 6.07) is 0.420. The minimum atomic E-state index is -0.479. The van der Waals surface area contributed by atoms with Crippen LogP contribution < -0.4 is 10.6 Å². The third-order valence-corrected chi connectivity index (χ3v) is 4.74. The molecule has 1 fully saturated rings. The summed E-state index contributed by atoms with van der Waals surface area (Å²) in [6.45, 7) is 17.6. The largest absolute Gasteiger partial charge is 0.444 e. The van der Waals surface area contributed by atoms with Crippen LogP contribution in [-0.4, -0.2) is 42.5 Å². The van der Waals surface area contributed by atoms with Crippen LogP contribution in [0.4, 0.5) is 4.79 Å². The number of hydrogen-bond donors (Lipinski definition) is 2. The number of alkyl carbamates (subject to hydrolysis) is 1. The first-order chi connectivity index (χ1) is 10.4. The molecule has 2 N–H and O–H groups in total. The van der Waals surface area contributed by atoms with Gasteiger partial charge in [-0.3, -0.25) is 0 Å². The zero-order valence-electron chi connectivity index (χ0n) is 16.2. The van der Waals surface area contributed by atoms with Crippen LogP contribution in [0.25, 0.3) is 0 Å². The first-order valence-corrected chi connectivity index (χ1v) is 8.79. The van der Waals surface area contributed by atoms with E-state index in [0.717, 1.165) is 19.4 Å². The summed E-state index contributed by atoms with van der Waals surface area (Å²) < 4.78 is 11.2. The molecular weight excluding hydrogens is 292 g/mol. The summed E-state index contributed by atoms with van der Waals surface area (Å²) in [5.74, 6) is 0. The molecule has 23 heavy (non-hydrogen) atoms. The molecule has 136 valence electrons. The summed E-state index contributed by atoms with van der Waals surface area (Å²) in [7, 11) is 0. The molecule has 0 radical (unpaired) electrons. The number of carbonyl (C=O) groups excluding carboxylic acids is 1. The first kappa shape index (κ1) is 20.2. The lowest BCUT2D eigenvalue weighted by atomic mass is 9.61. The molecule has 0 saturated heterocycles. The van der Waals surface area contributed by atoms with Gasteiger partial charge >= 0.3 is 6.09 Å². The molecule has 0 aromatic rings. The van der Waals surface area contributed by atoms with Crippen molar-refractivity contribution in [3.8, 4) is 0 Å². The number of ether oxygens (including phenoxy) is 2. The van der Waals surface area contributed by atoms with Gasteiger partial charge in [-0.25, -0.2) is 4.79 Å². The van der Waals surface area contributed by atoms with Gasteiger partial charge < -0.3 is 20.1 Å². The van der Waals surface area contributed by atoms with Crippen molar-refractivity contribution < 1.29 is 14.3 Å². The molecule has 1 saturated carbocycles. The Labute approximate surface area is 141 Å². The van der Waals surface area contributed by atoms with Crippen LogP contribution in [0.15, 0.2) is 0 Å². The topological polar surface area (TPSA) is 59.6 Å². The zero-order valence-corrected chi connectivity index (χ0v) is 16.2. The van der Waals surface area contributed by atoms with Crippen molar-refractivity contribution in [3.63, 3.8) is 0 Å². The average molecular weight is 328 g/mol. The number of rotatable bonds is 7. The summed E-state index contributed by atoms with van der Waals surface area (Å²) in [5, 5.41) is 6.55. The van der Waals surface area contributed by atoms with Crippen LogP contribution in [0.2, 0.25) is 0 Å². The Balaban J connectivity index is 2.49. The molecule has 3 unspecified atom stereocenters. The molecule has 0 bridgehead atoms. The van der Waals surface area contributed by atoms with E-state index in [1.54, 1.807) is 0 Å². The Kier molecular flexibility index (Phi) is 6.50. The van der Waals surface area contributed by atoms with E-state index in [1.165, 1.54) is 0 Å². The van der Waals surface area contributed by atoms with Crippen LogP contribution in [0.3, 0.4) is 0 Å². The molecule has 0 aromatic carbocycles. The number of amides is 1. The molecule has 1 rings (SSSR count). The van der Waals surface area contributed by atoms with Crippen LogP contribution in [-0.2, 0) is 9.47 Å². The van der Waals surface area contributed by atoms with Crippen LogP contribution >= 0.6 is 0 Å². The van der Waals surface area contributed by atoms with Crippen molar-refractivity contribution in [2.45, 2.75) is 91.5 Å². The van der Waals surface area contributed by atoms with Crippen molar-refractivity contribution in [2.75, 3.05) is 13.2 Å². The lowest BCUT2D eigenvalue weighted by molar-refractivity contribution is -0.126. The van der Waals surface area contributed by atoms with Crippen LogP contribution in [0, 0.1) is 5.41 Å². The minimum absolute atomic E-state index is 0.165. The second-order valence-electron chi connectivity index (χ2n) is 8.48. The molecule has 3 atom stereocenters. The SMILES string of the molecule is CCOC1CC(NCC(C)(C)NC(=O)OC(C)(C)C)C1(C)CC. The molecule has 0 spiro atoms. The predicted octanol–water partition coefficient (Wildman–Crippen LogP) is 3.47. The summed E-state index contributed by atoms with van der Waals surface area (Å²) >= 11 is 0. The van der Waals surface area contributed by atoms with Gasteiger partial charge in [0.05, 0.1) is 11.6 Å². The van der Waals surface area contributed by atoms with Crippen molar-refractivity contribution in [3.05, 3.63) is 0 Å². The Morgan fingerprint density at radius 1 is 1.22 bits per heavy atom. The van der Waals surface area contributed by atoms with Gasteiger partial charge in [-0.15, -0.1) is 0 Å². The third-order valence-electron chi connectivity index (χ3n) is 4.74. The van der Waals surface area contributed by atoms with Crippen LogP contribution in [0.5, 0.6) is 0 Å². The number of carbonyl (C=O) groups is 1. The first-order valence-electron chi connectivity index (χ1n) is 8.79. The zero-order chi connectivity index (χ0) is 17.9. The predicted molar refractivity (Wildman–Crippen MR) is 93.7 cm³/mol. The second-order valence-corrected chi connectivity index (χ2v) is 8.48. The summed E-state index contributed by atoms with van der Waals surface area (Å²) in [4.78, 5) is 11.9. The molecule has 0 aliphatic heterocycles. The van der Waals surface area contributed by atoms with E-state index in [2.05, 4.69) is 24.5 Å². The molecule has 1 aliphatic rings. The van der Waals surface area contributed by atoms with Gasteiger partial charge in [0.15, 0.2) is 0 Å². The van der Waals surface area contributed by atoms with E-state index in [1.807, 2.05) is 41.5 Å². The maximum absolute atomic E-state index is 11.9. The fourth-order valence-electron chi connectivity index (χ4n) is 3.07. The molecule has 5 heteroatoms. The lowest BCUT2D eigenvalue weighted by Gasteiger charge is -2.54. The molecular formula is C18H36N2O3. The average Bonchev–Trinajstić information content (AvgIpc) is 2.37. The molecule has 0 heterocycles. The maximum atomic E-state index is 11.9. The normalized spacial score (nSPS) is 28.2. The molecule has 1 aliphatic carbocycles. The highest BCUT2D eigenvalue weighted by Crippen LogP contribution is 2.45. The Hall–Kier alpha value is -0.810. The molecule has 0 aromatic heterocycles. The summed E-state index contributed by atoms with van der Waals surface area (Å²) in [6.07, 6.45) is 2.07. The maximum Gasteiger partial charge on any atom is 0.408 e. The standard InChI is InChI=1S/C18H36N2O3/c1-9-18(8)13(11-14(18)22-10-2)19-12-17(6,7)20-15(21)23-16(3,4)5/h13-14,19H,9-12H2,1-8H3,(H,20,21).